The second-order valence-corrected chi connectivity index (χ2v) is 3.49. The fourth-order valence-corrected chi connectivity index (χ4v) is 1.62. The summed E-state index contributed by atoms with van der Waals surface area (Å²) in [6.45, 7) is 2.81. The molecule has 2 rings (SSSR count). The van der Waals surface area contributed by atoms with Crippen LogP contribution in [0.5, 0.6) is 0 Å². The van der Waals surface area contributed by atoms with E-state index in [1.54, 1.807) is 0 Å². The minimum absolute atomic E-state index is 0.400. The lowest BCUT2D eigenvalue weighted by Gasteiger charge is -2.25. The maximum atomic E-state index is 9.64. The standard InChI is InChI=1S/C11H13NO/c1-8-3-4-10-9(7-8)11(13)5-6-12(10)2/h3-5,7,13H,6H2,1-2H3. The molecule has 0 atom stereocenters. The first-order valence-electron chi connectivity index (χ1n) is 4.40. The second-order valence-electron chi connectivity index (χ2n) is 3.49. The molecule has 0 spiro atoms. The molecule has 1 aliphatic heterocycles. The Kier molecular flexibility index (Phi) is 1.76. The van der Waals surface area contributed by atoms with Crippen molar-refractivity contribution in [1.29, 1.82) is 0 Å². The highest BCUT2D eigenvalue weighted by atomic mass is 16.3. The van der Waals surface area contributed by atoms with Crippen molar-refractivity contribution in [2.24, 2.45) is 0 Å². The monoisotopic (exact) mass is 175 g/mol. The van der Waals surface area contributed by atoms with Crippen molar-refractivity contribution in [1.82, 2.24) is 0 Å². The van der Waals surface area contributed by atoms with Gasteiger partial charge in [0.2, 0.25) is 0 Å². The lowest BCUT2D eigenvalue weighted by molar-refractivity contribution is 0.508. The highest BCUT2D eigenvalue weighted by Crippen LogP contribution is 2.29. The summed E-state index contributed by atoms with van der Waals surface area (Å²) >= 11 is 0. The van der Waals surface area contributed by atoms with Crippen molar-refractivity contribution in [3.05, 3.63) is 35.4 Å². The van der Waals surface area contributed by atoms with Crippen molar-refractivity contribution in [3.63, 3.8) is 0 Å². The van der Waals surface area contributed by atoms with Crippen LogP contribution in [0.15, 0.2) is 24.3 Å². The van der Waals surface area contributed by atoms with E-state index < -0.39 is 0 Å². The Morgan fingerprint density at radius 3 is 2.92 bits per heavy atom. The van der Waals surface area contributed by atoms with Gasteiger partial charge in [-0.25, -0.2) is 0 Å². The quantitative estimate of drug-likeness (QED) is 0.654. The molecule has 1 aliphatic rings. The first kappa shape index (κ1) is 8.17. The number of hydrogen-bond donors (Lipinski definition) is 1. The fraction of sp³-hybridized carbons (Fsp3) is 0.273. The molecule has 0 amide bonds. The van der Waals surface area contributed by atoms with Gasteiger partial charge >= 0.3 is 0 Å². The van der Waals surface area contributed by atoms with Crippen LogP contribution in [-0.2, 0) is 0 Å². The summed E-state index contributed by atoms with van der Waals surface area (Å²) in [4.78, 5) is 2.12. The first-order chi connectivity index (χ1) is 6.18. The largest absolute Gasteiger partial charge is 0.508 e. The van der Waals surface area contributed by atoms with Crippen LogP contribution in [-0.4, -0.2) is 18.7 Å². The number of hydrogen-bond acceptors (Lipinski definition) is 2. The van der Waals surface area contributed by atoms with Crippen molar-refractivity contribution in [3.8, 4) is 0 Å². The number of fused-ring (bicyclic) bond motifs is 1. The van der Waals surface area contributed by atoms with Gasteiger partial charge in [-0.1, -0.05) is 11.6 Å². The normalized spacial score (nSPS) is 15.2. The topological polar surface area (TPSA) is 23.5 Å². The zero-order valence-corrected chi connectivity index (χ0v) is 7.91. The van der Waals surface area contributed by atoms with E-state index in [1.807, 2.05) is 32.2 Å². The molecule has 68 valence electrons. The maximum Gasteiger partial charge on any atom is 0.122 e. The molecule has 0 saturated heterocycles. The van der Waals surface area contributed by atoms with E-state index in [4.69, 9.17) is 0 Å². The first-order valence-corrected chi connectivity index (χ1v) is 4.40. The highest BCUT2D eigenvalue weighted by Gasteiger charge is 2.14. The summed E-state index contributed by atoms with van der Waals surface area (Å²) in [6, 6.07) is 6.12. The average molecular weight is 175 g/mol. The van der Waals surface area contributed by atoms with E-state index in [2.05, 4.69) is 11.0 Å². The third-order valence-corrected chi connectivity index (χ3v) is 2.40. The van der Waals surface area contributed by atoms with Crippen molar-refractivity contribution in [2.45, 2.75) is 6.92 Å². The van der Waals surface area contributed by atoms with Crippen LogP contribution in [0.3, 0.4) is 0 Å². The predicted octanol–water partition coefficient (Wildman–Crippen LogP) is 2.34. The molecule has 0 aliphatic carbocycles. The van der Waals surface area contributed by atoms with Crippen LogP contribution in [0.2, 0.25) is 0 Å². The molecule has 0 fully saturated rings. The van der Waals surface area contributed by atoms with E-state index in [0.29, 0.717) is 5.76 Å². The number of aliphatic hydroxyl groups excluding tert-OH is 1. The molecule has 0 saturated carbocycles. The minimum Gasteiger partial charge on any atom is -0.508 e. The summed E-state index contributed by atoms with van der Waals surface area (Å²) < 4.78 is 0. The van der Waals surface area contributed by atoms with Crippen molar-refractivity contribution < 1.29 is 5.11 Å². The Bertz CT molecular complexity index is 368. The fourth-order valence-electron chi connectivity index (χ4n) is 1.62. The number of benzene rings is 1. The smallest absolute Gasteiger partial charge is 0.122 e. The molecule has 1 N–H and O–H groups in total. The molecule has 1 aromatic carbocycles. The average Bonchev–Trinajstić information content (AvgIpc) is 2.12. The molecule has 0 unspecified atom stereocenters. The van der Waals surface area contributed by atoms with Crippen LogP contribution < -0.4 is 4.90 Å². The Morgan fingerprint density at radius 1 is 1.38 bits per heavy atom. The van der Waals surface area contributed by atoms with Gasteiger partial charge in [-0.3, -0.25) is 0 Å². The molecular weight excluding hydrogens is 162 g/mol. The van der Waals surface area contributed by atoms with Gasteiger partial charge in [0.1, 0.15) is 5.76 Å². The summed E-state index contributed by atoms with van der Waals surface area (Å²) in [5.41, 5.74) is 3.22. The number of rotatable bonds is 0. The number of aliphatic hydroxyl groups is 1. The van der Waals surface area contributed by atoms with Crippen LogP contribution in [0.1, 0.15) is 11.1 Å². The van der Waals surface area contributed by atoms with Crippen LogP contribution in [0.4, 0.5) is 5.69 Å². The molecule has 2 nitrogen and oxygen atoms in total. The van der Waals surface area contributed by atoms with Crippen LogP contribution in [0, 0.1) is 6.92 Å². The summed E-state index contributed by atoms with van der Waals surface area (Å²) in [6.07, 6.45) is 1.84. The van der Waals surface area contributed by atoms with Gasteiger partial charge in [0.25, 0.3) is 0 Å². The van der Waals surface area contributed by atoms with E-state index in [9.17, 15) is 5.11 Å². The number of nitrogens with zero attached hydrogens (tertiary/aromatic N) is 1. The minimum atomic E-state index is 0.400. The van der Waals surface area contributed by atoms with Gasteiger partial charge in [-0.05, 0) is 25.1 Å². The predicted molar refractivity (Wildman–Crippen MR) is 55.1 cm³/mol. The Morgan fingerprint density at radius 2 is 2.15 bits per heavy atom. The summed E-state index contributed by atoms with van der Waals surface area (Å²) in [5, 5.41) is 9.64. The van der Waals surface area contributed by atoms with Gasteiger partial charge in [0, 0.05) is 24.8 Å². The third kappa shape index (κ3) is 1.28. The zero-order valence-electron chi connectivity index (χ0n) is 7.91. The molecule has 13 heavy (non-hydrogen) atoms. The molecular formula is C11H13NO. The molecule has 2 heteroatoms. The lowest BCUT2D eigenvalue weighted by atomic mass is 10.0. The van der Waals surface area contributed by atoms with E-state index in [1.165, 1.54) is 5.56 Å². The summed E-state index contributed by atoms with van der Waals surface area (Å²) in [7, 11) is 2.02. The third-order valence-electron chi connectivity index (χ3n) is 2.40. The number of anilines is 1. The SMILES string of the molecule is Cc1ccc2c(c1)C(O)=CCN2C. The molecule has 1 aromatic rings. The molecule has 1 heterocycles. The Labute approximate surface area is 78.1 Å². The lowest BCUT2D eigenvalue weighted by Crippen LogP contribution is -2.21. The van der Waals surface area contributed by atoms with Crippen LogP contribution in [0.25, 0.3) is 5.76 Å². The second kappa shape index (κ2) is 2.80. The zero-order chi connectivity index (χ0) is 9.42. The van der Waals surface area contributed by atoms with Crippen molar-refractivity contribution in [2.75, 3.05) is 18.5 Å². The molecule has 0 radical (unpaired) electrons. The van der Waals surface area contributed by atoms with Crippen molar-refractivity contribution >= 4 is 11.4 Å². The molecule has 0 aromatic heterocycles. The molecule has 0 bridgehead atoms. The van der Waals surface area contributed by atoms with Gasteiger partial charge in [-0.2, -0.15) is 0 Å². The maximum absolute atomic E-state index is 9.64. The van der Waals surface area contributed by atoms with E-state index in [-0.39, 0.29) is 0 Å². The van der Waals surface area contributed by atoms with Gasteiger partial charge < -0.3 is 10.0 Å². The summed E-state index contributed by atoms with van der Waals surface area (Å²) in [5.74, 6) is 0.400. The Balaban J connectivity index is 2.60. The number of likely N-dealkylation sites (N-methyl/N-ethyl adjacent to an activating group) is 1. The van der Waals surface area contributed by atoms with E-state index >= 15 is 0 Å². The highest BCUT2D eigenvalue weighted by molar-refractivity contribution is 5.76. The Hall–Kier alpha value is -1.44. The van der Waals surface area contributed by atoms with Gasteiger partial charge in [0.15, 0.2) is 0 Å². The van der Waals surface area contributed by atoms with Crippen LogP contribution >= 0.6 is 0 Å². The number of aryl methyl sites for hydroxylation is 1. The van der Waals surface area contributed by atoms with Gasteiger partial charge in [0.05, 0.1) is 0 Å². The van der Waals surface area contributed by atoms with E-state index in [0.717, 1.165) is 17.8 Å². The van der Waals surface area contributed by atoms with Gasteiger partial charge in [-0.15, -0.1) is 0 Å².